The summed E-state index contributed by atoms with van der Waals surface area (Å²) in [4.78, 5) is 16.2. The number of thiophene rings is 1. The van der Waals surface area contributed by atoms with Gasteiger partial charge in [0.2, 0.25) is 5.91 Å². The quantitative estimate of drug-likeness (QED) is 0.518. The number of nitriles is 1. The molecule has 6 nitrogen and oxygen atoms in total. The highest BCUT2D eigenvalue weighted by Crippen LogP contribution is 2.37. The number of hydrogen-bond acceptors (Lipinski definition) is 6. The standard InChI is InChI=1S/C25H25N3O3S2/c26-16-22-21-13-14-28(17-19-8-3-1-4-9-19)18-23(21)32-25(22)27-24(29)12-7-15-33(30,31)20-10-5-2-6-11-20/h1-6,8-11H,7,12-15,17-18H2,(H,27,29). The van der Waals surface area contributed by atoms with E-state index in [1.807, 2.05) is 18.2 Å². The van der Waals surface area contributed by atoms with Gasteiger partial charge in [-0.15, -0.1) is 11.3 Å². The fourth-order valence-corrected chi connectivity index (χ4v) is 6.59. The van der Waals surface area contributed by atoms with Gasteiger partial charge in [-0.05, 0) is 36.1 Å². The van der Waals surface area contributed by atoms with Crippen molar-refractivity contribution in [2.75, 3.05) is 17.6 Å². The van der Waals surface area contributed by atoms with Gasteiger partial charge in [-0.2, -0.15) is 5.26 Å². The van der Waals surface area contributed by atoms with Gasteiger partial charge < -0.3 is 5.32 Å². The minimum atomic E-state index is -3.41. The summed E-state index contributed by atoms with van der Waals surface area (Å²) < 4.78 is 24.8. The SMILES string of the molecule is N#Cc1c(NC(=O)CCCS(=O)(=O)c2ccccc2)sc2c1CCN(Cc1ccccc1)C2. The molecule has 0 unspecified atom stereocenters. The second-order valence-electron chi connectivity index (χ2n) is 8.05. The third-order valence-corrected chi connectivity index (χ3v) is 8.62. The number of fused-ring (bicyclic) bond motifs is 1. The van der Waals surface area contributed by atoms with Crippen LogP contribution in [0, 0.1) is 11.3 Å². The Morgan fingerprint density at radius 1 is 1.09 bits per heavy atom. The van der Waals surface area contributed by atoms with Crippen LogP contribution in [-0.4, -0.2) is 31.5 Å². The van der Waals surface area contributed by atoms with Crippen molar-refractivity contribution in [1.82, 2.24) is 4.90 Å². The van der Waals surface area contributed by atoms with Gasteiger partial charge in [-0.3, -0.25) is 9.69 Å². The van der Waals surface area contributed by atoms with Crippen LogP contribution in [0.25, 0.3) is 0 Å². The van der Waals surface area contributed by atoms with Crippen molar-refractivity contribution in [1.29, 1.82) is 5.26 Å². The lowest BCUT2D eigenvalue weighted by Gasteiger charge is -2.26. The predicted molar refractivity (Wildman–Crippen MR) is 130 cm³/mol. The Balaban J connectivity index is 1.36. The molecule has 0 spiro atoms. The summed E-state index contributed by atoms with van der Waals surface area (Å²) >= 11 is 1.45. The number of hydrogen-bond donors (Lipinski definition) is 1. The van der Waals surface area contributed by atoms with E-state index in [0.717, 1.165) is 36.5 Å². The zero-order valence-corrected chi connectivity index (χ0v) is 19.8. The van der Waals surface area contributed by atoms with Crippen molar-refractivity contribution in [2.24, 2.45) is 0 Å². The van der Waals surface area contributed by atoms with E-state index in [1.54, 1.807) is 30.3 Å². The fraction of sp³-hybridized carbons (Fsp3) is 0.280. The van der Waals surface area contributed by atoms with Crippen molar-refractivity contribution in [3.63, 3.8) is 0 Å². The molecule has 1 aromatic heterocycles. The van der Waals surface area contributed by atoms with Gasteiger partial charge in [-0.25, -0.2) is 8.42 Å². The van der Waals surface area contributed by atoms with Crippen LogP contribution < -0.4 is 5.32 Å². The molecule has 2 aromatic carbocycles. The first-order valence-corrected chi connectivity index (χ1v) is 13.3. The Morgan fingerprint density at radius 3 is 2.48 bits per heavy atom. The molecule has 2 heterocycles. The number of benzene rings is 2. The van der Waals surface area contributed by atoms with Gasteiger partial charge in [-0.1, -0.05) is 48.5 Å². The molecule has 0 saturated heterocycles. The van der Waals surface area contributed by atoms with E-state index < -0.39 is 9.84 Å². The predicted octanol–water partition coefficient (Wildman–Crippen LogP) is 4.37. The van der Waals surface area contributed by atoms with Crippen molar-refractivity contribution in [3.8, 4) is 6.07 Å². The lowest BCUT2D eigenvalue weighted by molar-refractivity contribution is -0.116. The molecule has 4 rings (SSSR count). The van der Waals surface area contributed by atoms with Crippen molar-refractivity contribution < 1.29 is 13.2 Å². The molecule has 33 heavy (non-hydrogen) atoms. The Bertz CT molecular complexity index is 1260. The maximum absolute atomic E-state index is 12.5. The Hall–Kier alpha value is -2.99. The van der Waals surface area contributed by atoms with E-state index in [-0.39, 0.29) is 29.4 Å². The molecular formula is C25H25N3O3S2. The summed E-state index contributed by atoms with van der Waals surface area (Å²) in [7, 11) is -3.41. The molecule has 0 atom stereocenters. The second kappa shape index (κ2) is 10.3. The van der Waals surface area contributed by atoms with Gasteiger partial charge in [0.25, 0.3) is 0 Å². The van der Waals surface area contributed by atoms with Crippen molar-refractivity contribution in [3.05, 3.63) is 82.2 Å². The summed E-state index contributed by atoms with van der Waals surface area (Å²) in [6, 6.07) is 20.8. The normalized spacial score (nSPS) is 13.8. The molecule has 0 radical (unpaired) electrons. The van der Waals surface area contributed by atoms with Gasteiger partial charge in [0.15, 0.2) is 9.84 Å². The third-order valence-electron chi connectivity index (χ3n) is 5.67. The monoisotopic (exact) mass is 479 g/mol. The molecule has 3 aromatic rings. The molecule has 1 N–H and O–H groups in total. The van der Waals surface area contributed by atoms with E-state index in [0.29, 0.717) is 10.6 Å². The summed E-state index contributed by atoms with van der Waals surface area (Å²) in [5.41, 5.74) is 2.81. The molecule has 1 aliphatic rings. The molecule has 170 valence electrons. The van der Waals surface area contributed by atoms with Crippen LogP contribution in [0.1, 0.15) is 34.4 Å². The van der Waals surface area contributed by atoms with Gasteiger partial charge in [0.1, 0.15) is 11.1 Å². The number of amides is 1. The fourth-order valence-electron chi connectivity index (χ4n) is 4.00. The van der Waals surface area contributed by atoms with E-state index in [1.165, 1.54) is 16.9 Å². The van der Waals surface area contributed by atoms with Crippen LogP contribution in [-0.2, 0) is 34.1 Å². The molecule has 8 heteroatoms. The zero-order valence-electron chi connectivity index (χ0n) is 18.2. The van der Waals surface area contributed by atoms with E-state index in [4.69, 9.17) is 0 Å². The summed E-state index contributed by atoms with van der Waals surface area (Å²) in [6.07, 6.45) is 1.08. The summed E-state index contributed by atoms with van der Waals surface area (Å²) in [5, 5.41) is 13.1. The Morgan fingerprint density at radius 2 is 1.79 bits per heavy atom. The smallest absolute Gasteiger partial charge is 0.225 e. The maximum Gasteiger partial charge on any atom is 0.225 e. The first-order chi connectivity index (χ1) is 16.0. The number of carbonyl (C=O) groups is 1. The zero-order chi connectivity index (χ0) is 23.3. The lowest BCUT2D eigenvalue weighted by atomic mass is 10.0. The van der Waals surface area contributed by atoms with Gasteiger partial charge in [0.05, 0.1) is 16.2 Å². The Labute approximate surface area is 198 Å². The highest BCUT2D eigenvalue weighted by molar-refractivity contribution is 7.91. The summed E-state index contributed by atoms with van der Waals surface area (Å²) in [6.45, 7) is 2.45. The number of anilines is 1. The number of nitrogens with one attached hydrogen (secondary N) is 1. The molecule has 1 aliphatic heterocycles. The molecule has 1 amide bonds. The van der Waals surface area contributed by atoms with E-state index in [9.17, 15) is 18.5 Å². The van der Waals surface area contributed by atoms with Crippen LogP contribution in [0.4, 0.5) is 5.00 Å². The maximum atomic E-state index is 12.5. The summed E-state index contributed by atoms with van der Waals surface area (Å²) in [5.74, 6) is -0.361. The van der Waals surface area contributed by atoms with Crippen LogP contribution in [0.5, 0.6) is 0 Å². The number of sulfone groups is 1. The number of nitrogens with zero attached hydrogens (tertiary/aromatic N) is 2. The molecule has 0 fully saturated rings. The van der Waals surface area contributed by atoms with Crippen LogP contribution >= 0.6 is 11.3 Å². The third kappa shape index (κ3) is 5.69. The van der Waals surface area contributed by atoms with Gasteiger partial charge in [0, 0.05) is 30.9 Å². The molecule has 0 aliphatic carbocycles. The second-order valence-corrected chi connectivity index (χ2v) is 11.3. The average Bonchev–Trinajstić information content (AvgIpc) is 3.16. The number of carbonyl (C=O) groups excluding carboxylic acids is 1. The highest BCUT2D eigenvalue weighted by atomic mass is 32.2. The minimum Gasteiger partial charge on any atom is -0.317 e. The topological polar surface area (TPSA) is 90.3 Å². The first-order valence-electron chi connectivity index (χ1n) is 10.8. The van der Waals surface area contributed by atoms with Crippen LogP contribution in [0.3, 0.4) is 0 Å². The average molecular weight is 480 g/mol. The minimum absolute atomic E-state index is 0.0830. The number of rotatable bonds is 8. The van der Waals surface area contributed by atoms with Gasteiger partial charge >= 0.3 is 0 Å². The van der Waals surface area contributed by atoms with Crippen LogP contribution in [0.15, 0.2) is 65.6 Å². The van der Waals surface area contributed by atoms with Crippen molar-refractivity contribution in [2.45, 2.75) is 37.2 Å². The molecular weight excluding hydrogens is 454 g/mol. The highest BCUT2D eigenvalue weighted by Gasteiger charge is 2.25. The van der Waals surface area contributed by atoms with E-state index >= 15 is 0 Å². The van der Waals surface area contributed by atoms with E-state index in [2.05, 4.69) is 28.4 Å². The Kier molecular flexibility index (Phi) is 7.23. The lowest BCUT2D eigenvalue weighted by Crippen LogP contribution is -2.29. The molecule has 0 bridgehead atoms. The van der Waals surface area contributed by atoms with Crippen LogP contribution in [0.2, 0.25) is 0 Å². The first kappa shape index (κ1) is 23.2. The largest absolute Gasteiger partial charge is 0.317 e. The molecule has 0 saturated carbocycles. The van der Waals surface area contributed by atoms with Crippen molar-refractivity contribution >= 4 is 32.1 Å².